The summed E-state index contributed by atoms with van der Waals surface area (Å²) < 4.78 is 12.8. The Hall–Kier alpha value is -2.58. The molecule has 0 aliphatic rings. The molecule has 0 N–H and O–H groups in total. The van der Waals surface area contributed by atoms with Crippen molar-refractivity contribution in [2.75, 3.05) is 0 Å². The number of aryl methyl sites for hydroxylation is 1. The Kier molecular flexibility index (Phi) is 5.00. The van der Waals surface area contributed by atoms with Crippen molar-refractivity contribution >= 4 is 23.4 Å². The molecule has 0 aliphatic carbocycles. The Morgan fingerprint density at radius 1 is 1.15 bits per heavy atom. The number of hydrogen-bond donors (Lipinski definition) is 0. The summed E-state index contributed by atoms with van der Waals surface area (Å²) in [5, 5.41) is 14.0. The molecule has 9 heteroatoms. The smallest absolute Gasteiger partial charge is 0.259 e. The second kappa shape index (κ2) is 7.58. The van der Waals surface area contributed by atoms with E-state index in [9.17, 15) is 0 Å². The summed E-state index contributed by atoms with van der Waals surface area (Å²) >= 11 is 7.68. The summed E-state index contributed by atoms with van der Waals surface area (Å²) in [7, 11) is 0. The normalized spacial score (nSPS) is 11.2. The largest absolute Gasteiger partial charge is 0.469 e. The predicted octanol–water partition coefficient (Wildman–Crippen LogP) is 4.86. The van der Waals surface area contributed by atoms with E-state index >= 15 is 0 Å². The molecule has 3 aromatic heterocycles. The lowest BCUT2D eigenvalue weighted by Gasteiger charge is -2.05. The highest BCUT2D eigenvalue weighted by molar-refractivity contribution is 7.98. The van der Waals surface area contributed by atoms with Gasteiger partial charge in [0.2, 0.25) is 0 Å². The van der Waals surface area contributed by atoms with Crippen molar-refractivity contribution in [3.05, 3.63) is 53.2 Å². The highest BCUT2D eigenvalue weighted by Gasteiger charge is 2.18. The maximum Gasteiger partial charge on any atom is 0.259 e. The molecule has 0 spiro atoms. The summed E-state index contributed by atoms with van der Waals surface area (Å²) in [6.45, 7) is 4.70. The van der Waals surface area contributed by atoms with Gasteiger partial charge in [0.15, 0.2) is 16.8 Å². The number of aromatic nitrogens is 5. The van der Waals surface area contributed by atoms with Gasteiger partial charge in [0.25, 0.3) is 5.89 Å². The molecule has 4 aromatic rings. The minimum absolute atomic E-state index is 0.405. The Labute approximate surface area is 164 Å². The van der Waals surface area contributed by atoms with E-state index in [4.69, 9.17) is 20.5 Å². The highest BCUT2D eigenvalue weighted by Crippen LogP contribution is 2.29. The first-order valence-corrected chi connectivity index (χ1v) is 9.71. The molecule has 3 heterocycles. The van der Waals surface area contributed by atoms with Gasteiger partial charge in [0.05, 0.1) is 28.2 Å². The molecule has 0 fully saturated rings. The Balaban J connectivity index is 1.52. The van der Waals surface area contributed by atoms with Crippen LogP contribution in [0.4, 0.5) is 0 Å². The molecule has 0 bridgehead atoms. The fraction of sp³-hybridized carbons (Fsp3) is 0.222. The molecule has 0 unspecified atom stereocenters. The van der Waals surface area contributed by atoms with Crippen LogP contribution in [0, 0.1) is 6.92 Å². The molecule has 7 nitrogen and oxygen atoms in total. The first-order chi connectivity index (χ1) is 13.2. The van der Waals surface area contributed by atoms with Crippen molar-refractivity contribution in [3.8, 4) is 22.8 Å². The van der Waals surface area contributed by atoms with Gasteiger partial charge in [-0.3, -0.25) is 0 Å². The summed E-state index contributed by atoms with van der Waals surface area (Å²) in [5.41, 5.74) is 1.66. The van der Waals surface area contributed by atoms with E-state index in [2.05, 4.69) is 27.3 Å². The molecule has 0 saturated carbocycles. The summed E-state index contributed by atoms with van der Waals surface area (Å²) in [4.78, 5) is 4.43. The van der Waals surface area contributed by atoms with E-state index in [1.54, 1.807) is 12.3 Å². The lowest BCUT2D eigenvalue weighted by atomic mass is 10.2. The van der Waals surface area contributed by atoms with E-state index in [-0.39, 0.29) is 0 Å². The number of halogens is 1. The van der Waals surface area contributed by atoms with Gasteiger partial charge in [-0.15, -0.1) is 10.2 Å². The zero-order valence-electron chi connectivity index (χ0n) is 14.7. The maximum absolute atomic E-state index is 6.18. The number of hydrogen-bond acceptors (Lipinski definition) is 7. The number of rotatable bonds is 6. The molecule has 0 saturated heterocycles. The van der Waals surface area contributed by atoms with Crippen LogP contribution < -0.4 is 0 Å². The second-order valence-electron chi connectivity index (χ2n) is 5.73. The van der Waals surface area contributed by atoms with Gasteiger partial charge in [-0.1, -0.05) is 40.7 Å². The third-order valence-corrected chi connectivity index (χ3v) is 5.33. The van der Waals surface area contributed by atoms with Gasteiger partial charge in [-0.2, -0.15) is 4.98 Å². The number of benzene rings is 1. The molecular formula is C18H16ClN5O2S. The first kappa shape index (κ1) is 17.8. The van der Waals surface area contributed by atoms with Crippen LogP contribution >= 0.6 is 23.4 Å². The van der Waals surface area contributed by atoms with Crippen molar-refractivity contribution in [2.45, 2.75) is 31.3 Å². The SMILES string of the molecule is CCn1c(SCc2noc(-c3ccccc3Cl)n2)nnc1-c1ccoc1C. The van der Waals surface area contributed by atoms with Gasteiger partial charge in [0.1, 0.15) is 5.76 Å². The Morgan fingerprint density at radius 2 is 2.00 bits per heavy atom. The summed E-state index contributed by atoms with van der Waals surface area (Å²) in [6, 6.07) is 9.27. The van der Waals surface area contributed by atoms with Crippen LogP contribution in [0.5, 0.6) is 0 Å². The lowest BCUT2D eigenvalue weighted by Crippen LogP contribution is -2.00. The average Bonchev–Trinajstić information content (AvgIpc) is 3.39. The van der Waals surface area contributed by atoms with Crippen molar-refractivity contribution in [3.63, 3.8) is 0 Å². The maximum atomic E-state index is 6.18. The average molecular weight is 402 g/mol. The number of nitrogens with zero attached hydrogens (tertiary/aromatic N) is 5. The first-order valence-electron chi connectivity index (χ1n) is 8.35. The van der Waals surface area contributed by atoms with Crippen LogP contribution in [-0.4, -0.2) is 24.9 Å². The van der Waals surface area contributed by atoms with Crippen molar-refractivity contribution in [1.82, 2.24) is 24.9 Å². The van der Waals surface area contributed by atoms with E-state index in [0.717, 1.165) is 34.4 Å². The number of thioether (sulfide) groups is 1. The van der Waals surface area contributed by atoms with Gasteiger partial charge < -0.3 is 13.5 Å². The minimum Gasteiger partial charge on any atom is -0.469 e. The topological polar surface area (TPSA) is 82.8 Å². The van der Waals surface area contributed by atoms with E-state index in [1.807, 2.05) is 35.8 Å². The monoisotopic (exact) mass is 401 g/mol. The fourth-order valence-corrected chi connectivity index (χ4v) is 3.74. The van der Waals surface area contributed by atoms with E-state index in [1.165, 1.54) is 11.8 Å². The molecule has 0 aliphatic heterocycles. The highest BCUT2D eigenvalue weighted by atomic mass is 35.5. The van der Waals surface area contributed by atoms with Crippen molar-refractivity contribution in [1.29, 1.82) is 0 Å². The minimum atomic E-state index is 0.405. The number of furan rings is 1. The van der Waals surface area contributed by atoms with E-state index in [0.29, 0.717) is 22.5 Å². The van der Waals surface area contributed by atoms with Crippen LogP contribution in [0.1, 0.15) is 18.5 Å². The fourth-order valence-electron chi connectivity index (χ4n) is 2.68. The van der Waals surface area contributed by atoms with Gasteiger partial charge >= 0.3 is 0 Å². The van der Waals surface area contributed by atoms with Crippen LogP contribution in [0.25, 0.3) is 22.8 Å². The van der Waals surface area contributed by atoms with E-state index < -0.39 is 0 Å². The zero-order chi connectivity index (χ0) is 18.8. The third-order valence-electron chi connectivity index (χ3n) is 4.04. The second-order valence-corrected chi connectivity index (χ2v) is 7.07. The van der Waals surface area contributed by atoms with Crippen LogP contribution in [-0.2, 0) is 12.3 Å². The Bertz CT molecular complexity index is 1070. The molecule has 138 valence electrons. The molecule has 4 rings (SSSR count). The molecule has 0 atom stereocenters. The molecular weight excluding hydrogens is 386 g/mol. The third kappa shape index (κ3) is 3.50. The summed E-state index contributed by atoms with van der Waals surface area (Å²) in [6.07, 6.45) is 1.65. The van der Waals surface area contributed by atoms with Gasteiger partial charge in [-0.05, 0) is 32.0 Å². The van der Waals surface area contributed by atoms with Gasteiger partial charge in [-0.25, -0.2) is 0 Å². The standard InChI is InChI=1S/C18H16ClN5O2S/c1-3-24-16(12-8-9-25-11(12)2)21-22-18(24)27-10-15-20-17(26-23-15)13-6-4-5-7-14(13)19/h4-9H,3,10H2,1-2H3. The molecule has 0 amide bonds. The van der Waals surface area contributed by atoms with Crippen LogP contribution in [0.2, 0.25) is 5.02 Å². The van der Waals surface area contributed by atoms with Crippen molar-refractivity contribution < 1.29 is 8.94 Å². The zero-order valence-corrected chi connectivity index (χ0v) is 16.3. The molecule has 27 heavy (non-hydrogen) atoms. The molecule has 0 radical (unpaired) electrons. The van der Waals surface area contributed by atoms with Crippen LogP contribution in [0.3, 0.4) is 0 Å². The quantitative estimate of drug-likeness (QED) is 0.426. The lowest BCUT2D eigenvalue weighted by molar-refractivity contribution is 0.425. The van der Waals surface area contributed by atoms with Crippen LogP contribution in [0.15, 0.2) is 50.7 Å². The Morgan fingerprint density at radius 3 is 2.74 bits per heavy atom. The predicted molar refractivity (Wildman–Crippen MR) is 102 cm³/mol. The molecule has 1 aromatic carbocycles. The van der Waals surface area contributed by atoms with Crippen molar-refractivity contribution in [2.24, 2.45) is 0 Å². The summed E-state index contributed by atoms with van der Waals surface area (Å²) in [5.74, 6) is 3.09. The van der Waals surface area contributed by atoms with Gasteiger partial charge in [0, 0.05) is 6.54 Å².